The number of nitrogens with one attached hydrogen (secondary N) is 1. The van der Waals surface area contributed by atoms with Crippen LogP contribution in [0.5, 0.6) is 0 Å². The summed E-state index contributed by atoms with van der Waals surface area (Å²) in [5.41, 5.74) is -2.85. The van der Waals surface area contributed by atoms with Gasteiger partial charge in [-0.2, -0.15) is 14.9 Å². The molecule has 336 valence electrons. The van der Waals surface area contributed by atoms with Gasteiger partial charge in [-0.05, 0) is 79.5 Å². The molecule has 1 aromatic carbocycles. The number of rotatable bonds is 15. The van der Waals surface area contributed by atoms with E-state index in [4.69, 9.17) is 40.0 Å². The Morgan fingerprint density at radius 1 is 0.967 bits per heavy atom. The van der Waals surface area contributed by atoms with Crippen molar-refractivity contribution in [1.82, 2.24) is 24.8 Å². The first-order valence-corrected chi connectivity index (χ1v) is 19.7. The molecule has 3 heterocycles. The normalized spacial score (nSPS) is 16.4. The van der Waals surface area contributed by atoms with Crippen LogP contribution in [0.1, 0.15) is 85.6 Å². The molecule has 3 amide bonds. The molecule has 1 aliphatic heterocycles. The molecule has 61 heavy (non-hydrogen) atoms. The number of imide groups is 1. The van der Waals surface area contributed by atoms with Crippen LogP contribution in [0.15, 0.2) is 30.6 Å². The monoisotopic (exact) mass is 880 g/mol. The summed E-state index contributed by atoms with van der Waals surface area (Å²) in [5.74, 6) is -2.60. The van der Waals surface area contributed by atoms with E-state index in [1.54, 1.807) is 67.5 Å². The fourth-order valence-electron chi connectivity index (χ4n) is 5.59. The smallest absolute Gasteiger partial charge is 0.425 e. The lowest BCUT2D eigenvalue weighted by Gasteiger charge is -2.30. The van der Waals surface area contributed by atoms with Crippen molar-refractivity contribution in [2.45, 2.75) is 117 Å². The minimum absolute atomic E-state index is 0.0365. The van der Waals surface area contributed by atoms with Gasteiger partial charge >= 0.3 is 30.1 Å². The van der Waals surface area contributed by atoms with Crippen LogP contribution < -0.4 is 10.2 Å². The van der Waals surface area contributed by atoms with Crippen LogP contribution in [-0.2, 0) is 58.8 Å². The van der Waals surface area contributed by atoms with Gasteiger partial charge in [0.15, 0.2) is 23.2 Å². The summed E-state index contributed by atoms with van der Waals surface area (Å²) in [4.78, 5) is 86.6. The first-order valence-electron chi connectivity index (χ1n) is 19.3. The Hall–Kier alpha value is -5.47. The third kappa shape index (κ3) is 14.0. The number of hydrogen-bond donors (Lipinski definition) is 1. The molecule has 0 spiro atoms. The SMILES string of the molecule is CCOC(=O)C(Cc1ccc(C)cc1)(OCC1CC(F)C(n2cnc3c(N(C(=O)OC(C)(C)C)C(=O)OC(C)(C)C)nc(Cl)nc32)O1)C(=O)OCC.COC(=O)CCNC=O. The average Bonchev–Trinajstić information content (AvgIpc) is 3.75. The third-order valence-electron chi connectivity index (χ3n) is 8.23. The maximum atomic E-state index is 15.8. The number of ether oxygens (including phenoxy) is 7. The number of carbonyl (C=O) groups excluding carboxylic acids is 6. The number of amides is 3. The highest BCUT2D eigenvalue weighted by atomic mass is 35.5. The summed E-state index contributed by atoms with van der Waals surface area (Å²) in [6.07, 6.45) is -4.71. The predicted molar refractivity (Wildman–Crippen MR) is 216 cm³/mol. The lowest BCUT2D eigenvalue weighted by atomic mass is 9.93. The van der Waals surface area contributed by atoms with Crippen molar-refractivity contribution < 1.29 is 66.3 Å². The summed E-state index contributed by atoms with van der Waals surface area (Å²) in [6.45, 7) is 14.6. The standard InChI is InChI=1S/C35H45ClFN5O10.C5H9NO3/c1-10-47-28(43)35(29(44)48-11-2,17-21-14-12-20(3)13-15-21)49-18-22-16-23(37)27(50-22)41-19-38-24-25(41)39-30(36)40-26(24)42(31(45)51-33(4,5)6)32(46)52-34(7,8)9;1-9-5(8)2-3-6-4-7/h12-15,19,22-23,27H,10-11,16-18H2,1-9H3;4H,2-3H2,1H3,(H,6,7). The van der Waals surface area contributed by atoms with Crippen LogP contribution in [0.2, 0.25) is 5.28 Å². The Morgan fingerprint density at radius 2 is 1.54 bits per heavy atom. The third-order valence-corrected chi connectivity index (χ3v) is 8.40. The van der Waals surface area contributed by atoms with Crippen LogP contribution in [0.25, 0.3) is 11.2 Å². The first kappa shape index (κ1) is 49.9. The molecule has 1 aliphatic rings. The molecule has 1 N–H and O–H groups in total. The van der Waals surface area contributed by atoms with E-state index < -0.39 is 71.3 Å². The summed E-state index contributed by atoms with van der Waals surface area (Å²) in [5, 5.41) is 1.93. The summed E-state index contributed by atoms with van der Waals surface area (Å²) < 4.78 is 54.9. The maximum Gasteiger partial charge on any atom is 0.425 e. The predicted octanol–water partition coefficient (Wildman–Crippen LogP) is 5.51. The summed E-state index contributed by atoms with van der Waals surface area (Å²) in [7, 11) is 1.31. The number of hydrogen-bond acceptors (Lipinski definition) is 16. The lowest BCUT2D eigenvalue weighted by molar-refractivity contribution is -0.195. The molecule has 3 unspecified atom stereocenters. The van der Waals surface area contributed by atoms with Crippen molar-refractivity contribution in [3.63, 3.8) is 0 Å². The highest BCUT2D eigenvalue weighted by molar-refractivity contribution is 6.29. The highest BCUT2D eigenvalue weighted by Crippen LogP contribution is 2.37. The number of imidazole rings is 1. The van der Waals surface area contributed by atoms with E-state index in [1.165, 1.54) is 18.0 Å². The fraction of sp³-hybridized carbons (Fsp3) is 0.575. The number of anilines is 1. The number of methoxy groups -OCH3 is 1. The zero-order chi connectivity index (χ0) is 45.7. The molecule has 4 rings (SSSR count). The Morgan fingerprint density at radius 3 is 2.05 bits per heavy atom. The Kier molecular flexibility index (Phi) is 17.9. The number of aromatic nitrogens is 4. The van der Waals surface area contributed by atoms with Gasteiger partial charge in [-0.15, -0.1) is 0 Å². The van der Waals surface area contributed by atoms with Gasteiger partial charge in [0.25, 0.3) is 5.60 Å². The van der Waals surface area contributed by atoms with Gasteiger partial charge in [0.05, 0.1) is 45.8 Å². The molecule has 0 saturated carbocycles. The topological polar surface area (TPSA) is 226 Å². The Balaban J connectivity index is 0.000000987. The molecule has 1 saturated heterocycles. The number of nitrogens with zero attached hydrogens (tertiary/aromatic N) is 5. The molecule has 2 aromatic heterocycles. The van der Waals surface area contributed by atoms with E-state index in [2.05, 4.69) is 25.0 Å². The van der Waals surface area contributed by atoms with Gasteiger partial charge in [0.2, 0.25) is 11.7 Å². The molecule has 19 nitrogen and oxygen atoms in total. The lowest BCUT2D eigenvalue weighted by Crippen LogP contribution is -2.54. The largest absolute Gasteiger partial charge is 0.469 e. The maximum absolute atomic E-state index is 15.8. The molecular formula is C40H54ClFN6O13. The molecule has 0 aliphatic carbocycles. The molecule has 0 radical (unpaired) electrons. The van der Waals surface area contributed by atoms with E-state index in [0.717, 1.165) is 5.56 Å². The summed E-state index contributed by atoms with van der Waals surface area (Å²) >= 11 is 6.29. The van der Waals surface area contributed by atoms with Gasteiger partial charge in [0, 0.05) is 19.4 Å². The average molecular weight is 881 g/mol. The molecule has 3 aromatic rings. The number of carbonyl (C=O) groups is 6. The second-order valence-electron chi connectivity index (χ2n) is 15.5. The summed E-state index contributed by atoms with van der Waals surface area (Å²) in [6, 6.07) is 7.16. The van der Waals surface area contributed by atoms with Crippen LogP contribution in [-0.4, -0.2) is 119 Å². The Labute approximate surface area is 357 Å². The molecular weight excluding hydrogens is 827 g/mol. The number of aryl methyl sites for hydroxylation is 1. The van der Waals surface area contributed by atoms with E-state index in [-0.39, 0.29) is 55.4 Å². The highest BCUT2D eigenvalue weighted by Gasteiger charge is 2.52. The van der Waals surface area contributed by atoms with Crippen molar-refractivity contribution in [2.24, 2.45) is 0 Å². The molecule has 21 heteroatoms. The van der Waals surface area contributed by atoms with E-state index in [9.17, 15) is 28.8 Å². The van der Waals surface area contributed by atoms with E-state index in [1.807, 2.05) is 19.1 Å². The zero-order valence-electron chi connectivity index (χ0n) is 35.9. The van der Waals surface area contributed by atoms with Crippen LogP contribution in [0.4, 0.5) is 19.8 Å². The quantitative estimate of drug-likeness (QED) is 0.0496. The van der Waals surface area contributed by atoms with Gasteiger partial charge < -0.3 is 38.5 Å². The molecule has 1 fully saturated rings. The van der Waals surface area contributed by atoms with Crippen molar-refractivity contribution >= 4 is 65.1 Å². The van der Waals surface area contributed by atoms with E-state index in [0.29, 0.717) is 23.4 Å². The van der Waals surface area contributed by atoms with Crippen molar-refractivity contribution in [2.75, 3.05) is 38.4 Å². The van der Waals surface area contributed by atoms with Crippen molar-refractivity contribution in [1.29, 1.82) is 0 Å². The number of alkyl halides is 1. The van der Waals surface area contributed by atoms with Crippen LogP contribution in [0, 0.1) is 6.92 Å². The fourth-order valence-corrected chi connectivity index (χ4v) is 5.75. The van der Waals surface area contributed by atoms with Crippen molar-refractivity contribution in [3.05, 3.63) is 47.0 Å². The van der Waals surface area contributed by atoms with Gasteiger partial charge in [-0.3, -0.25) is 14.2 Å². The molecule has 0 bridgehead atoms. The van der Waals surface area contributed by atoms with Gasteiger partial charge in [0.1, 0.15) is 17.4 Å². The van der Waals surface area contributed by atoms with Gasteiger partial charge in [-0.25, -0.2) is 28.6 Å². The number of benzene rings is 1. The minimum Gasteiger partial charge on any atom is -0.469 e. The van der Waals surface area contributed by atoms with Crippen LogP contribution >= 0.6 is 11.6 Å². The second-order valence-corrected chi connectivity index (χ2v) is 15.8. The number of fused-ring (bicyclic) bond motifs is 1. The van der Waals surface area contributed by atoms with Crippen molar-refractivity contribution in [3.8, 4) is 0 Å². The zero-order valence-corrected chi connectivity index (χ0v) is 36.7. The minimum atomic E-state index is -2.21. The second kappa shape index (κ2) is 21.9. The first-order chi connectivity index (χ1) is 28.6. The Bertz CT molecular complexity index is 1950. The van der Waals surface area contributed by atoms with Gasteiger partial charge in [-0.1, -0.05) is 29.8 Å². The van der Waals surface area contributed by atoms with E-state index >= 15 is 4.39 Å². The number of esters is 3. The number of halogens is 2. The van der Waals surface area contributed by atoms with Crippen LogP contribution in [0.3, 0.4) is 0 Å². The molecule has 3 atom stereocenters.